The third kappa shape index (κ3) is 2.33. The van der Waals surface area contributed by atoms with Crippen molar-refractivity contribution in [2.75, 3.05) is 20.3 Å². The van der Waals surface area contributed by atoms with Crippen molar-refractivity contribution in [1.29, 1.82) is 0 Å². The SMILES string of the molecule is COCC1(C(=O)O)CCCN1Cc1ncc(C2CC2)o1. The van der Waals surface area contributed by atoms with Gasteiger partial charge < -0.3 is 14.3 Å². The molecule has 1 aromatic rings. The lowest BCUT2D eigenvalue weighted by Gasteiger charge is -2.33. The van der Waals surface area contributed by atoms with E-state index in [2.05, 4.69) is 4.98 Å². The fourth-order valence-electron chi connectivity index (χ4n) is 2.99. The molecule has 1 saturated carbocycles. The second kappa shape index (κ2) is 5.18. The Labute approximate surface area is 117 Å². The number of carboxylic acids is 1. The van der Waals surface area contributed by atoms with Crippen molar-refractivity contribution >= 4 is 5.97 Å². The minimum Gasteiger partial charge on any atom is -0.480 e. The third-order valence-corrected chi connectivity index (χ3v) is 4.28. The number of ether oxygens (including phenoxy) is 1. The highest BCUT2D eigenvalue weighted by molar-refractivity contribution is 5.79. The molecule has 0 spiro atoms. The molecule has 1 aliphatic heterocycles. The second-order valence-electron chi connectivity index (χ2n) is 5.73. The second-order valence-corrected chi connectivity index (χ2v) is 5.73. The minimum absolute atomic E-state index is 0.193. The molecule has 2 aliphatic rings. The summed E-state index contributed by atoms with van der Waals surface area (Å²) in [4.78, 5) is 17.9. The lowest BCUT2D eigenvalue weighted by molar-refractivity contribution is -0.153. The molecule has 1 aromatic heterocycles. The molecule has 6 heteroatoms. The van der Waals surface area contributed by atoms with Gasteiger partial charge in [0.1, 0.15) is 11.3 Å². The van der Waals surface area contributed by atoms with Gasteiger partial charge in [0, 0.05) is 13.0 Å². The molecule has 3 rings (SSSR count). The molecular formula is C14H20N2O4. The zero-order valence-corrected chi connectivity index (χ0v) is 11.7. The van der Waals surface area contributed by atoms with Crippen LogP contribution >= 0.6 is 0 Å². The first kappa shape index (κ1) is 13.6. The van der Waals surface area contributed by atoms with Gasteiger partial charge in [-0.15, -0.1) is 0 Å². The highest BCUT2D eigenvalue weighted by Gasteiger charge is 2.48. The monoisotopic (exact) mass is 280 g/mol. The Bertz CT molecular complexity index is 497. The summed E-state index contributed by atoms with van der Waals surface area (Å²) in [6.45, 7) is 1.36. The first-order chi connectivity index (χ1) is 9.65. The highest BCUT2D eigenvalue weighted by atomic mass is 16.5. The van der Waals surface area contributed by atoms with Gasteiger partial charge in [-0.3, -0.25) is 9.69 Å². The van der Waals surface area contributed by atoms with Crippen LogP contribution in [0.15, 0.2) is 10.6 Å². The van der Waals surface area contributed by atoms with Gasteiger partial charge in [-0.25, -0.2) is 4.98 Å². The van der Waals surface area contributed by atoms with Crippen LogP contribution in [0.3, 0.4) is 0 Å². The largest absolute Gasteiger partial charge is 0.480 e. The number of aliphatic carboxylic acids is 1. The number of likely N-dealkylation sites (tertiary alicyclic amines) is 1. The van der Waals surface area contributed by atoms with E-state index in [0.29, 0.717) is 24.8 Å². The molecule has 2 heterocycles. The molecule has 2 fully saturated rings. The van der Waals surface area contributed by atoms with Crippen LogP contribution in [0.2, 0.25) is 0 Å². The number of aromatic nitrogens is 1. The Morgan fingerprint density at radius 2 is 2.45 bits per heavy atom. The average molecular weight is 280 g/mol. The van der Waals surface area contributed by atoms with Crippen LogP contribution in [0, 0.1) is 0 Å². The fourth-order valence-corrected chi connectivity index (χ4v) is 2.99. The summed E-state index contributed by atoms with van der Waals surface area (Å²) >= 11 is 0. The summed E-state index contributed by atoms with van der Waals surface area (Å²) in [6.07, 6.45) is 5.57. The van der Waals surface area contributed by atoms with Crippen LogP contribution < -0.4 is 0 Å². The minimum atomic E-state index is -0.942. The number of nitrogens with zero attached hydrogens (tertiary/aromatic N) is 2. The zero-order chi connectivity index (χ0) is 14.2. The Kier molecular flexibility index (Phi) is 3.52. The van der Waals surface area contributed by atoms with Crippen molar-refractivity contribution in [1.82, 2.24) is 9.88 Å². The first-order valence-electron chi connectivity index (χ1n) is 7.08. The molecule has 0 aromatic carbocycles. The summed E-state index contributed by atoms with van der Waals surface area (Å²) in [6, 6.07) is 0. The van der Waals surface area contributed by atoms with E-state index in [1.54, 1.807) is 6.20 Å². The maximum atomic E-state index is 11.7. The maximum absolute atomic E-state index is 11.7. The number of carbonyl (C=O) groups is 1. The summed E-state index contributed by atoms with van der Waals surface area (Å²) in [7, 11) is 1.54. The molecule has 20 heavy (non-hydrogen) atoms. The van der Waals surface area contributed by atoms with Gasteiger partial charge in [-0.05, 0) is 32.2 Å². The lowest BCUT2D eigenvalue weighted by Crippen LogP contribution is -2.53. The Hall–Kier alpha value is -1.40. The van der Waals surface area contributed by atoms with E-state index < -0.39 is 11.5 Å². The molecule has 1 N–H and O–H groups in total. The van der Waals surface area contributed by atoms with Gasteiger partial charge in [0.25, 0.3) is 0 Å². The van der Waals surface area contributed by atoms with Crippen molar-refractivity contribution < 1.29 is 19.1 Å². The lowest BCUT2D eigenvalue weighted by atomic mass is 9.97. The molecule has 0 bridgehead atoms. The topological polar surface area (TPSA) is 75.8 Å². The van der Waals surface area contributed by atoms with E-state index >= 15 is 0 Å². The summed E-state index contributed by atoms with van der Waals surface area (Å²) in [5.41, 5.74) is -0.942. The number of hydrogen-bond donors (Lipinski definition) is 1. The van der Waals surface area contributed by atoms with E-state index in [1.165, 1.54) is 20.0 Å². The first-order valence-corrected chi connectivity index (χ1v) is 7.08. The molecule has 1 aliphatic carbocycles. The number of oxazole rings is 1. The van der Waals surface area contributed by atoms with Crippen LogP contribution in [0.25, 0.3) is 0 Å². The number of methoxy groups -OCH3 is 1. The van der Waals surface area contributed by atoms with E-state index in [-0.39, 0.29) is 6.61 Å². The Morgan fingerprint density at radius 1 is 1.65 bits per heavy atom. The van der Waals surface area contributed by atoms with Gasteiger partial charge >= 0.3 is 5.97 Å². The molecule has 1 saturated heterocycles. The summed E-state index contributed by atoms with van der Waals surface area (Å²) in [5.74, 6) is 1.24. The van der Waals surface area contributed by atoms with E-state index in [4.69, 9.17) is 9.15 Å². The summed E-state index contributed by atoms with van der Waals surface area (Å²) in [5, 5.41) is 9.57. The van der Waals surface area contributed by atoms with Crippen LogP contribution in [0.5, 0.6) is 0 Å². The van der Waals surface area contributed by atoms with Crippen LogP contribution in [0.4, 0.5) is 0 Å². The molecule has 1 atom stereocenters. The van der Waals surface area contributed by atoms with Gasteiger partial charge in [0.2, 0.25) is 5.89 Å². The normalized spacial score (nSPS) is 27.1. The van der Waals surface area contributed by atoms with E-state index in [0.717, 1.165) is 18.7 Å². The van der Waals surface area contributed by atoms with Gasteiger partial charge in [0.15, 0.2) is 0 Å². The third-order valence-electron chi connectivity index (χ3n) is 4.28. The van der Waals surface area contributed by atoms with Crippen molar-refractivity contribution in [2.45, 2.75) is 43.7 Å². The number of rotatable bonds is 6. The van der Waals surface area contributed by atoms with Crippen molar-refractivity contribution in [3.8, 4) is 0 Å². The number of hydrogen-bond acceptors (Lipinski definition) is 5. The van der Waals surface area contributed by atoms with Crippen molar-refractivity contribution in [3.05, 3.63) is 17.8 Å². The molecule has 6 nitrogen and oxygen atoms in total. The van der Waals surface area contributed by atoms with Crippen LogP contribution in [0.1, 0.15) is 43.3 Å². The van der Waals surface area contributed by atoms with Gasteiger partial charge in [-0.1, -0.05) is 0 Å². The fraction of sp³-hybridized carbons (Fsp3) is 0.714. The molecule has 1 unspecified atom stereocenters. The standard InChI is InChI=1S/C14H20N2O4/c1-19-9-14(13(17)18)5-2-6-16(14)8-12-15-7-11(20-12)10-3-4-10/h7,10H,2-6,8-9H2,1H3,(H,17,18). The highest BCUT2D eigenvalue weighted by Crippen LogP contribution is 2.40. The van der Waals surface area contributed by atoms with E-state index in [9.17, 15) is 9.90 Å². The van der Waals surface area contributed by atoms with Crippen LogP contribution in [-0.2, 0) is 16.1 Å². The van der Waals surface area contributed by atoms with Gasteiger partial charge in [0.05, 0.1) is 19.3 Å². The van der Waals surface area contributed by atoms with Crippen molar-refractivity contribution in [2.24, 2.45) is 0 Å². The predicted octanol–water partition coefficient (Wildman–Crippen LogP) is 1.62. The molecular weight excluding hydrogens is 260 g/mol. The summed E-state index contributed by atoms with van der Waals surface area (Å²) < 4.78 is 10.9. The van der Waals surface area contributed by atoms with E-state index in [1.807, 2.05) is 4.90 Å². The van der Waals surface area contributed by atoms with Gasteiger partial charge in [-0.2, -0.15) is 0 Å². The quantitative estimate of drug-likeness (QED) is 0.853. The van der Waals surface area contributed by atoms with Crippen molar-refractivity contribution in [3.63, 3.8) is 0 Å². The Balaban J connectivity index is 1.75. The number of carboxylic acid groups (broad SMARTS) is 1. The predicted molar refractivity (Wildman–Crippen MR) is 70.4 cm³/mol. The zero-order valence-electron chi connectivity index (χ0n) is 11.7. The Morgan fingerprint density at radius 3 is 3.10 bits per heavy atom. The molecule has 0 amide bonds. The molecule has 110 valence electrons. The van der Waals surface area contributed by atoms with Crippen LogP contribution in [-0.4, -0.2) is 46.8 Å². The maximum Gasteiger partial charge on any atom is 0.326 e. The smallest absolute Gasteiger partial charge is 0.326 e. The average Bonchev–Trinajstić information content (AvgIpc) is 3.04. The molecule has 0 radical (unpaired) electrons.